The third-order valence-electron chi connectivity index (χ3n) is 5.35. The van der Waals surface area contributed by atoms with Crippen molar-refractivity contribution in [2.24, 2.45) is 17.3 Å². The summed E-state index contributed by atoms with van der Waals surface area (Å²) in [6, 6.07) is 0. The third-order valence-corrected chi connectivity index (χ3v) is 5.35. The molecule has 116 valence electrons. The van der Waals surface area contributed by atoms with E-state index in [9.17, 15) is 19.8 Å². The molecule has 0 aromatic carbocycles. The number of carbonyl (C=O) groups excluding carboxylic acids is 1. The summed E-state index contributed by atoms with van der Waals surface area (Å²) in [7, 11) is 0. The molecule has 6 unspecified atom stereocenters. The van der Waals surface area contributed by atoms with Crippen molar-refractivity contribution < 1.29 is 29.3 Å². The Bertz CT molecular complexity index is 540. The summed E-state index contributed by atoms with van der Waals surface area (Å²) in [4.78, 5) is 24.2. The number of aliphatic hydroxyl groups excluding tert-OH is 1. The molecule has 0 saturated carbocycles. The number of rotatable bonds is 1. The van der Waals surface area contributed by atoms with Gasteiger partial charge in [0, 0.05) is 5.92 Å². The maximum absolute atomic E-state index is 12.7. The number of hydrogen-bond donors (Lipinski definition) is 2. The summed E-state index contributed by atoms with van der Waals surface area (Å²) in [5.41, 5.74) is -0.484. The van der Waals surface area contributed by atoms with Gasteiger partial charge in [0.15, 0.2) is 6.10 Å². The quantitative estimate of drug-likeness (QED) is 0.741. The van der Waals surface area contributed by atoms with Crippen LogP contribution in [0.4, 0.5) is 0 Å². The Labute approximate surface area is 122 Å². The highest BCUT2D eigenvalue weighted by Crippen LogP contribution is 2.57. The van der Waals surface area contributed by atoms with Crippen molar-refractivity contribution in [2.45, 2.75) is 45.2 Å². The van der Waals surface area contributed by atoms with Gasteiger partial charge in [-0.25, -0.2) is 4.79 Å². The number of allylic oxidation sites excluding steroid dienone is 1. The van der Waals surface area contributed by atoms with E-state index in [4.69, 9.17) is 9.47 Å². The lowest BCUT2D eigenvalue weighted by Gasteiger charge is -2.55. The Hall–Kier alpha value is -1.24. The molecule has 1 aliphatic carbocycles. The van der Waals surface area contributed by atoms with E-state index >= 15 is 0 Å². The van der Waals surface area contributed by atoms with Gasteiger partial charge in [0.05, 0.1) is 18.1 Å². The molecule has 0 aromatic heterocycles. The van der Waals surface area contributed by atoms with Gasteiger partial charge in [-0.3, -0.25) is 4.79 Å². The first kappa shape index (κ1) is 14.7. The van der Waals surface area contributed by atoms with Gasteiger partial charge in [0.2, 0.25) is 11.6 Å². The van der Waals surface area contributed by atoms with Crippen molar-refractivity contribution in [2.75, 3.05) is 6.61 Å². The van der Waals surface area contributed by atoms with E-state index in [1.165, 1.54) is 0 Å². The molecule has 0 aromatic rings. The molecule has 2 bridgehead atoms. The summed E-state index contributed by atoms with van der Waals surface area (Å²) in [5.74, 6) is -4.05. The molecule has 0 amide bonds. The summed E-state index contributed by atoms with van der Waals surface area (Å²) >= 11 is 0. The smallest absolute Gasteiger partial charge is 0.333 e. The zero-order chi connectivity index (χ0) is 15.6. The Balaban J connectivity index is 2.20. The Morgan fingerprint density at radius 2 is 2.14 bits per heavy atom. The van der Waals surface area contributed by atoms with E-state index in [1.807, 2.05) is 6.92 Å². The number of Topliss-reactive ketones (excluding diaryl/α,β-unsaturated/α-hetero) is 1. The SMILES string of the molecule is CC1=CCC2(C)C(O)C3C(C)COC2(OC3C(=O)O)C1=O. The van der Waals surface area contributed by atoms with E-state index in [0.717, 1.165) is 0 Å². The molecule has 4 rings (SSSR count). The zero-order valence-corrected chi connectivity index (χ0v) is 12.3. The number of carboxylic acid groups (broad SMARTS) is 1. The van der Waals surface area contributed by atoms with E-state index in [0.29, 0.717) is 12.0 Å². The molecule has 21 heavy (non-hydrogen) atoms. The van der Waals surface area contributed by atoms with Crippen molar-refractivity contribution in [1.29, 1.82) is 0 Å². The molecule has 3 saturated heterocycles. The van der Waals surface area contributed by atoms with Crippen LogP contribution in [0, 0.1) is 17.3 Å². The van der Waals surface area contributed by atoms with E-state index in [2.05, 4.69) is 0 Å². The number of hydrogen-bond acceptors (Lipinski definition) is 5. The lowest BCUT2D eigenvalue weighted by atomic mass is 9.60. The number of ketones is 1. The van der Waals surface area contributed by atoms with Crippen molar-refractivity contribution in [3.63, 3.8) is 0 Å². The first-order valence-electron chi connectivity index (χ1n) is 7.19. The van der Waals surface area contributed by atoms with Crippen molar-refractivity contribution >= 4 is 11.8 Å². The summed E-state index contributed by atoms with van der Waals surface area (Å²) in [6.07, 6.45) is -0.0232. The van der Waals surface area contributed by atoms with Crippen LogP contribution in [0.3, 0.4) is 0 Å². The van der Waals surface area contributed by atoms with Gasteiger partial charge in [-0.05, 0) is 24.8 Å². The standard InChI is InChI=1S/C15H20O6/c1-7-4-5-14(3)12(17)9-8(2)6-20-15(14,11(7)16)21-10(9)13(18)19/h4,8-10,12,17H,5-6H2,1-3H3,(H,18,19). The third kappa shape index (κ3) is 1.64. The average Bonchev–Trinajstić information content (AvgIpc) is 2.63. The van der Waals surface area contributed by atoms with Gasteiger partial charge in [0.25, 0.3) is 0 Å². The van der Waals surface area contributed by atoms with Crippen LogP contribution in [0.2, 0.25) is 0 Å². The van der Waals surface area contributed by atoms with Crippen LogP contribution in [0.1, 0.15) is 27.2 Å². The van der Waals surface area contributed by atoms with Crippen LogP contribution in [-0.2, 0) is 19.1 Å². The fourth-order valence-corrected chi connectivity index (χ4v) is 3.91. The highest BCUT2D eigenvalue weighted by Gasteiger charge is 2.70. The molecule has 2 N–H and O–H groups in total. The Morgan fingerprint density at radius 1 is 1.48 bits per heavy atom. The fourth-order valence-electron chi connectivity index (χ4n) is 3.91. The largest absolute Gasteiger partial charge is 0.479 e. The van der Waals surface area contributed by atoms with Gasteiger partial charge in [-0.15, -0.1) is 0 Å². The van der Waals surface area contributed by atoms with Crippen molar-refractivity contribution in [3.05, 3.63) is 11.6 Å². The van der Waals surface area contributed by atoms with Gasteiger partial charge in [-0.1, -0.05) is 19.9 Å². The molecule has 0 radical (unpaired) electrons. The molecule has 3 heterocycles. The van der Waals surface area contributed by atoms with Gasteiger partial charge in [-0.2, -0.15) is 0 Å². The van der Waals surface area contributed by atoms with Crippen LogP contribution < -0.4 is 0 Å². The van der Waals surface area contributed by atoms with Crippen LogP contribution in [0.25, 0.3) is 0 Å². The molecule has 4 aliphatic rings. The number of ether oxygens (including phenoxy) is 2. The molecular weight excluding hydrogens is 276 g/mol. The second kappa shape index (κ2) is 4.38. The van der Waals surface area contributed by atoms with Crippen LogP contribution in [0.5, 0.6) is 0 Å². The van der Waals surface area contributed by atoms with Gasteiger partial charge >= 0.3 is 5.97 Å². The molecule has 3 aliphatic heterocycles. The minimum Gasteiger partial charge on any atom is -0.479 e. The van der Waals surface area contributed by atoms with E-state index < -0.39 is 35.3 Å². The van der Waals surface area contributed by atoms with Crippen LogP contribution >= 0.6 is 0 Å². The van der Waals surface area contributed by atoms with Crippen LogP contribution in [0.15, 0.2) is 11.6 Å². The van der Waals surface area contributed by atoms with Gasteiger partial charge < -0.3 is 19.7 Å². The first-order chi connectivity index (χ1) is 9.74. The minimum atomic E-state index is -1.70. The second-order valence-electron chi connectivity index (χ2n) is 6.64. The zero-order valence-electron chi connectivity index (χ0n) is 12.3. The number of carbonyl (C=O) groups is 2. The average molecular weight is 296 g/mol. The maximum atomic E-state index is 12.7. The number of fused-ring (bicyclic) bond motifs is 3. The minimum absolute atomic E-state index is 0.195. The predicted molar refractivity (Wildman–Crippen MR) is 71.3 cm³/mol. The molecule has 6 nitrogen and oxygen atoms in total. The van der Waals surface area contributed by atoms with E-state index in [1.54, 1.807) is 19.9 Å². The fraction of sp³-hybridized carbons (Fsp3) is 0.733. The Morgan fingerprint density at radius 3 is 2.76 bits per heavy atom. The second-order valence-corrected chi connectivity index (χ2v) is 6.64. The summed E-state index contributed by atoms with van der Waals surface area (Å²) < 4.78 is 11.5. The normalized spacial score (nSPS) is 49.3. The van der Waals surface area contributed by atoms with Crippen molar-refractivity contribution in [3.8, 4) is 0 Å². The van der Waals surface area contributed by atoms with Crippen molar-refractivity contribution in [1.82, 2.24) is 0 Å². The number of aliphatic hydroxyl groups is 1. The highest BCUT2D eigenvalue weighted by atomic mass is 16.7. The molecular formula is C15H20O6. The first-order valence-corrected chi connectivity index (χ1v) is 7.19. The topological polar surface area (TPSA) is 93.1 Å². The number of aliphatic carboxylic acids is 1. The maximum Gasteiger partial charge on any atom is 0.333 e. The summed E-state index contributed by atoms with van der Waals surface area (Å²) in [5, 5.41) is 20.2. The molecule has 3 fully saturated rings. The molecule has 1 spiro atoms. The summed E-state index contributed by atoms with van der Waals surface area (Å²) in [6.45, 7) is 5.41. The number of carboxylic acids is 1. The lowest BCUT2D eigenvalue weighted by molar-refractivity contribution is -0.328. The molecule has 6 atom stereocenters. The van der Waals surface area contributed by atoms with E-state index in [-0.39, 0.29) is 18.3 Å². The Kier molecular flexibility index (Phi) is 3.06. The van der Waals surface area contributed by atoms with Gasteiger partial charge in [0.1, 0.15) is 0 Å². The molecule has 6 heteroatoms. The monoisotopic (exact) mass is 296 g/mol. The van der Waals surface area contributed by atoms with Crippen LogP contribution in [-0.4, -0.2) is 46.6 Å². The predicted octanol–water partition coefficient (Wildman–Crippen LogP) is 0.735. The lowest BCUT2D eigenvalue weighted by Crippen LogP contribution is -2.69. The highest BCUT2D eigenvalue weighted by molar-refractivity contribution is 6.02.